The molecule has 0 bridgehead atoms. The van der Waals surface area contributed by atoms with E-state index in [1.807, 2.05) is 25.1 Å². The first-order chi connectivity index (χ1) is 10.9. The molecule has 2 N–H and O–H groups in total. The van der Waals surface area contributed by atoms with Crippen LogP contribution < -0.4 is 10.6 Å². The first-order valence-corrected chi connectivity index (χ1v) is 8.36. The topological polar surface area (TPSA) is 37.0 Å². The van der Waals surface area contributed by atoms with Gasteiger partial charge < -0.3 is 10.6 Å². The highest BCUT2D eigenvalue weighted by Gasteiger charge is 2.18. The van der Waals surface area contributed by atoms with Crippen LogP contribution in [0.15, 0.2) is 36.4 Å². The number of anilines is 1. The van der Waals surface area contributed by atoms with Crippen molar-refractivity contribution in [1.29, 1.82) is 0 Å². The molecule has 0 saturated carbocycles. The molecule has 3 nitrogen and oxygen atoms in total. The summed E-state index contributed by atoms with van der Waals surface area (Å²) in [4.78, 5) is 4.43. The number of aryl methyl sites for hydroxylation is 3. The van der Waals surface area contributed by atoms with Crippen LogP contribution in [0.4, 0.5) is 5.82 Å². The molecule has 4 heteroatoms. The standard InChI is InChI=1S/C19H25N3S/c1-12(2)18(16-10-9-13(3)11-14(16)4)22-19(23)21-17-8-6-7-15(5)20-17/h6-12,18H,1-5H3,(H2,20,21,22,23)/t18-/m0/s1. The Kier molecular flexibility index (Phi) is 5.72. The van der Waals surface area contributed by atoms with E-state index in [0.29, 0.717) is 11.0 Å². The monoisotopic (exact) mass is 327 g/mol. The van der Waals surface area contributed by atoms with E-state index in [-0.39, 0.29) is 6.04 Å². The molecule has 0 saturated heterocycles. The fraction of sp³-hybridized carbons (Fsp3) is 0.368. The molecule has 122 valence electrons. The van der Waals surface area contributed by atoms with Gasteiger partial charge in [-0.2, -0.15) is 0 Å². The zero-order valence-corrected chi connectivity index (χ0v) is 15.3. The predicted molar refractivity (Wildman–Crippen MR) is 102 cm³/mol. The number of nitrogens with one attached hydrogen (secondary N) is 2. The second-order valence-electron chi connectivity index (χ2n) is 6.34. The van der Waals surface area contributed by atoms with Crippen molar-refractivity contribution in [3.63, 3.8) is 0 Å². The molecule has 1 aromatic carbocycles. The molecule has 0 amide bonds. The number of hydrogen-bond acceptors (Lipinski definition) is 2. The Morgan fingerprint density at radius 2 is 1.83 bits per heavy atom. The minimum atomic E-state index is 0.167. The van der Waals surface area contributed by atoms with E-state index >= 15 is 0 Å². The Morgan fingerprint density at radius 3 is 2.43 bits per heavy atom. The van der Waals surface area contributed by atoms with Gasteiger partial charge in [-0.15, -0.1) is 0 Å². The van der Waals surface area contributed by atoms with Gasteiger partial charge in [0.1, 0.15) is 5.82 Å². The van der Waals surface area contributed by atoms with Gasteiger partial charge in [0.15, 0.2) is 5.11 Å². The van der Waals surface area contributed by atoms with Gasteiger partial charge in [-0.25, -0.2) is 4.98 Å². The number of pyridine rings is 1. The van der Waals surface area contributed by atoms with Gasteiger partial charge in [0.25, 0.3) is 0 Å². The van der Waals surface area contributed by atoms with E-state index in [9.17, 15) is 0 Å². The third kappa shape index (κ3) is 4.76. The number of aromatic nitrogens is 1. The van der Waals surface area contributed by atoms with Crippen LogP contribution >= 0.6 is 12.2 Å². The molecular formula is C19H25N3S. The Labute approximate surface area is 144 Å². The Morgan fingerprint density at radius 1 is 1.09 bits per heavy atom. The lowest BCUT2D eigenvalue weighted by atomic mass is 9.92. The van der Waals surface area contributed by atoms with Crippen LogP contribution in [0.2, 0.25) is 0 Å². The molecule has 0 aliphatic rings. The summed E-state index contributed by atoms with van der Waals surface area (Å²) in [7, 11) is 0. The molecule has 0 spiro atoms. The molecule has 2 rings (SSSR count). The maximum atomic E-state index is 5.48. The largest absolute Gasteiger partial charge is 0.355 e. The van der Waals surface area contributed by atoms with Crippen molar-refractivity contribution in [2.24, 2.45) is 5.92 Å². The quantitative estimate of drug-likeness (QED) is 0.799. The average Bonchev–Trinajstić information content (AvgIpc) is 2.45. The van der Waals surface area contributed by atoms with Crippen LogP contribution in [0, 0.1) is 26.7 Å². The predicted octanol–water partition coefficient (Wildman–Crippen LogP) is 4.69. The highest BCUT2D eigenvalue weighted by molar-refractivity contribution is 7.80. The van der Waals surface area contributed by atoms with E-state index in [1.54, 1.807) is 0 Å². The van der Waals surface area contributed by atoms with E-state index in [2.05, 4.69) is 61.5 Å². The third-order valence-corrected chi connectivity index (χ3v) is 4.06. The summed E-state index contributed by atoms with van der Waals surface area (Å²) in [6.45, 7) is 10.6. The van der Waals surface area contributed by atoms with Gasteiger partial charge in [0.2, 0.25) is 0 Å². The number of hydrogen-bond donors (Lipinski definition) is 2. The SMILES string of the molecule is Cc1ccc([C@@H](NC(=S)Nc2cccc(C)n2)C(C)C)c(C)c1. The first-order valence-electron chi connectivity index (χ1n) is 7.95. The van der Waals surface area contributed by atoms with Crippen LogP contribution in [0.3, 0.4) is 0 Å². The Hall–Kier alpha value is -1.94. The molecule has 0 radical (unpaired) electrons. The first kappa shape index (κ1) is 17.4. The van der Waals surface area contributed by atoms with Gasteiger partial charge >= 0.3 is 0 Å². The fourth-order valence-electron chi connectivity index (χ4n) is 2.68. The lowest BCUT2D eigenvalue weighted by molar-refractivity contribution is 0.471. The smallest absolute Gasteiger partial charge is 0.172 e. The van der Waals surface area contributed by atoms with Gasteiger partial charge in [0, 0.05) is 5.69 Å². The second kappa shape index (κ2) is 7.55. The van der Waals surface area contributed by atoms with Crippen LogP contribution in [0.25, 0.3) is 0 Å². The third-order valence-electron chi connectivity index (χ3n) is 3.84. The van der Waals surface area contributed by atoms with Gasteiger partial charge in [-0.05, 0) is 62.2 Å². The minimum Gasteiger partial charge on any atom is -0.355 e. The van der Waals surface area contributed by atoms with Crippen molar-refractivity contribution in [3.05, 3.63) is 58.8 Å². The van der Waals surface area contributed by atoms with Gasteiger partial charge in [-0.3, -0.25) is 0 Å². The van der Waals surface area contributed by atoms with Crippen molar-refractivity contribution in [3.8, 4) is 0 Å². The summed E-state index contributed by atoms with van der Waals surface area (Å²) in [6, 6.07) is 12.6. The summed E-state index contributed by atoms with van der Waals surface area (Å²) >= 11 is 5.48. The number of thiocarbonyl (C=S) groups is 1. The maximum Gasteiger partial charge on any atom is 0.172 e. The van der Waals surface area contributed by atoms with Crippen molar-refractivity contribution in [2.45, 2.75) is 40.7 Å². The Bertz CT molecular complexity index is 695. The van der Waals surface area contributed by atoms with E-state index in [1.165, 1.54) is 16.7 Å². The zero-order chi connectivity index (χ0) is 17.0. The average molecular weight is 327 g/mol. The summed E-state index contributed by atoms with van der Waals surface area (Å²) in [5.41, 5.74) is 4.81. The minimum absolute atomic E-state index is 0.167. The van der Waals surface area contributed by atoms with Crippen LogP contribution in [-0.4, -0.2) is 10.1 Å². The Balaban J connectivity index is 2.14. The molecule has 1 aromatic heterocycles. The molecule has 23 heavy (non-hydrogen) atoms. The van der Waals surface area contributed by atoms with E-state index < -0.39 is 0 Å². The second-order valence-corrected chi connectivity index (χ2v) is 6.75. The molecule has 0 fully saturated rings. The normalized spacial score (nSPS) is 12.1. The van der Waals surface area contributed by atoms with Crippen molar-refractivity contribution >= 4 is 23.1 Å². The van der Waals surface area contributed by atoms with Gasteiger partial charge in [-0.1, -0.05) is 43.7 Å². The highest BCUT2D eigenvalue weighted by atomic mass is 32.1. The van der Waals surface area contributed by atoms with Crippen molar-refractivity contribution < 1.29 is 0 Å². The van der Waals surface area contributed by atoms with Crippen LogP contribution in [-0.2, 0) is 0 Å². The van der Waals surface area contributed by atoms with Crippen LogP contribution in [0.5, 0.6) is 0 Å². The summed E-state index contributed by atoms with van der Waals surface area (Å²) in [6.07, 6.45) is 0. The van der Waals surface area contributed by atoms with Gasteiger partial charge in [0.05, 0.1) is 6.04 Å². The summed E-state index contributed by atoms with van der Waals surface area (Å²) < 4.78 is 0. The molecular weight excluding hydrogens is 302 g/mol. The molecule has 1 atom stereocenters. The molecule has 0 aliphatic carbocycles. The molecule has 0 aliphatic heterocycles. The zero-order valence-electron chi connectivity index (χ0n) is 14.5. The number of rotatable bonds is 4. The highest BCUT2D eigenvalue weighted by Crippen LogP contribution is 2.25. The molecule has 0 unspecified atom stereocenters. The van der Waals surface area contributed by atoms with E-state index in [0.717, 1.165) is 11.5 Å². The van der Waals surface area contributed by atoms with Crippen molar-refractivity contribution in [2.75, 3.05) is 5.32 Å². The number of benzene rings is 1. The molecule has 2 aromatic rings. The fourth-order valence-corrected chi connectivity index (χ4v) is 2.92. The molecule has 1 heterocycles. The maximum absolute atomic E-state index is 5.48. The summed E-state index contributed by atoms with van der Waals surface area (Å²) in [5.74, 6) is 1.19. The van der Waals surface area contributed by atoms with Crippen molar-refractivity contribution in [1.82, 2.24) is 10.3 Å². The lowest BCUT2D eigenvalue weighted by Crippen LogP contribution is -2.35. The van der Waals surface area contributed by atoms with Crippen LogP contribution in [0.1, 0.15) is 42.3 Å². The lowest BCUT2D eigenvalue weighted by Gasteiger charge is -2.26. The number of nitrogens with zero attached hydrogens (tertiary/aromatic N) is 1. The summed E-state index contributed by atoms with van der Waals surface area (Å²) in [5, 5.41) is 7.22. The van der Waals surface area contributed by atoms with E-state index in [4.69, 9.17) is 12.2 Å².